The van der Waals surface area contributed by atoms with Crippen LogP contribution in [-0.2, 0) is 0 Å². The van der Waals surface area contributed by atoms with Gasteiger partial charge in [0.25, 0.3) is 0 Å². The van der Waals surface area contributed by atoms with E-state index in [0.717, 1.165) is 77.6 Å². The molecule has 0 unspecified atom stereocenters. The molecule has 1 heterocycles. The third kappa shape index (κ3) is 7.12. The Morgan fingerprint density at radius 2 is 0.587 bits per heavy atom. The average Bonchev–Trinajstić information content (AvgIpc) is 3.84. The zero-order chi connectivity index (χ0) is 49.4. The summed E-state index contributed by atoms with van der Waals surface area (Å²) in [5, 5.41) is 16.2. The van der Waals surface area contributed by atoms with Gasteiger partial charge in [-0.05, 0) is 115 Å². The molecule has 75 heavy (non-hydrogen) atoms. The fraction of sp³-hybridized carbons (Fsp3) is 0. The summed E-state index contributed by atoms with van der Waals surface area (Å²) in [6.07, 6.45) is 0. The number of benzene rings is 14. The fourth-order valence-corrected chi connectivity index (χ4v) is 11.8. The minimum absolute atomic E-state index is 0.859. The van der Waals surface area contributed by atoms with E-state index in [0.29, 0.717) is 0 Å². The molecule has 0 amide bonds. The average molecular weight is 955 g/mol. The van der Waals surface area contributed by atoms with E-state index in [9.17, 15) is 0 Å². The van der Waals surface area contributed by atoms with Crippen LogP contribution >= 0.6 is 0 Å². The van der Waals surface area contributed by atoms with Crippen molar-refractivity contribution >= 4 is 121 Å². The standard InChI is InChI=1S/C72H46N2O/c1-3-17-49(18-4-1)63-39-35-51-23-9-13-29-61(51)71(63)73(67-31-15-25-47-21-7-11-27-59(47)67)57-37-33-53-43-65-66-44-54-34-38-58(42-56(54)46-70(66)75-69(65)45-55(53)41-57)74(68-32-16-26-48-22-8-12-28-60(48)68)72-62-30-14-10-24-52(62)36-40-64(72)50-19-5-2-6-20-50/h1-46H. The van der Waals surface area contributed by atoms with Crippen LogP contribution in [0.25, 0.3) is 109 Å². The second-order valence-electron chi connectivity index (χ2n) is 19.6. The number of hydrogen-bond donors (Lipinski definition) is 0. The van der Waals surface area contributed by atoms with Crippen molar-refractivity contribution in [3.8, 4) is 22.3 Å². The maximum atomic E-state index is 6.97. The van der Waals surface area contributed by atoms with Gasteiger partial charge in [0, 0.05) is 54.8 Å². The lowest BCUT2D eigenvalue weighted by Crippen LogP contribution is -2.12. The van der Waals surface area contributed by atoms with Crippen LogP contribution in [0.2, 0.25) is 0 Å². The van der Waals surface area contributed by atoms with Gasteiger partial charge in [0.1, 0.15) is 11.2 Å². The molecular weight excluding hydrogens is 909 g/mol. The summed E-state index contributed by atoms with van der Waals surface area (Å²) in [6.45, 7) is 0. The van der Waals surface area contributed by atoms with E-state index in [1.165, 1.54) is 65.3 Å². The van der Waals surface area contributed by atoms with Gasteiger partial charge < -0.3 is 14.2 Å². The predicted octanol–water partition coefficient (Wildman–Crippen LogP) is 20.8. The first-order valence-corrected chi connectivity index (χ1v) is 25.7. The van der Waals surface area contributed by atoms with Gasteiger partial charge in [-0.15, -0.1) is 0 Å². The van der Waals surface area contributed by atoms with E-state index in [-0.39, 0.29) is 0 Å². The summed E-state index contributed by atoms with van der Waals surface area (Å²) >= 11 is 0. The topological polar surface area (TPSA) is 19.6 Å². The number of hydrogen-bond acceptors (Lipinski definition) is 3. The van der Waals surface area contributed by atoms with Crippen molar-refractivity contribution in [3.63, 3.8) is 0 Å². The molecular formula is C72H46N2O. The first-order valence-electron chi connectivity index (χ1n) is 25.7. The molecule has 0 saturated heterocycles. The minimum Gasteiger partial charge on any atom is -0.456 e. The Balaban J connectivity index is 0.913. The van der Waals surface area contributed by atoms with Crippen molar-refractivity contribution in [3.05, 3.63) is 279 Å². The van der Waals surface area contributed by atoms with Crippen LogP contribution in [0, 0.1) is 0 Å². The summed E-state index contributed by atoms with van der Waals surface area (Å²) in [7, 11) is 0. The van der Waals surface area contributed by atoms with Crippen LogP contribution in [0.1, 0.15) is 0 Å². The molecule has 0 N–H and O–H groups in total. The molecule has 0 aliphatic heterocycles. The Labute approximate surface area is 434 Å². The van der Waals surface area contributed by atoms with E-state index in [1.54, 1.807) is 0 Å². The summed E-state index contributed by atoms with van der Waals surface area (Å²) in [5.74, 6) is 0. The summed E-state index contributed by atoms with van der Waals surface area (Å²) < 4.78 is 6.97. The van der Waals surface area contributed by atoms with Crippen molar-refractivity contribution in [1.29, 1.82) is 0 Å². The molecule has 3 nitrogen and oxygen atoms in total. The summed E-state index contributed by atoms with van der Waals surface area (Å²) in [4.78, 5) is 4.95. The molecule has 350 valence electrons. The second kappa shape index (κ2) is 17.4. The van der Waals surface area contributed by atoms with Crippen molar-refractivity contribution in [2.75, 3.05) is 9.80 Å². The van der Waals surface area contributed by atoms with E-state index in [2.05, 4.69) is 289 Å². The third-order valence-electron chi connectivity index (χ3n) is 15.3. The van der Waals surface area contributed by atoms with Crippen LogP contribution in [0.15, 0.2) is 283 Å². The summed E-state index contributed by atoms with van der Waals surface area (Å²) in [5.41, 5.74) is 13.0. The monoisotopic (exact) mass is 954 g/mol. The molecule has 0 fully saturated rings. The van der Waals surface area contributed by atoms with Crippen molar-refractivity contribution in [2.24, 2.45) is 0 Å². The number of nitrogens with zero attached hydrogens (tertiary/aromatic N) is 2. The SMILES string of the molecule is c1ccc(-c2ccc3ccccc3c2N(c2ccc3cc4c(cc3c2)oc2cc3cc(N(c5cccc6ccccc56)c5c(-c6ccccc6)ccc6ccccc56)ccc3cc24)c2cccc3ccccc23)cc1. The quantitative estimate of drug-likeness (QED) is 0.151. The Morgan fingerprint density at radius 1 is 0.227 bits per heavy atom. The van der Waals surface area contributed by atoms with Gasteiger partial charge in [-0.2, -0.15) is 0 Å². The normalized spacial score (nSPS) is 11.7. The predicted molar refractivity (Wildman–Crippen MR) is 319 cm³/mol. The highest BCUT2D eigenvalue weighted by Crippen LogP contribution is 2.50. The Hall–Kier alpha value is -9.96. The lowest BCUT2D eigenvalue weighted by molar-refractivity contribution is 0.670. The van der Waals surface area contributed by atoms with E-state index in [4.69, 9.17) is 4.42 Å². The van der Waals surface area contributed by atoms with E-state index in [1.807, 2.05) is 0 Å². The lowest BCUT2D eigenvalue weighted by atomic mass is 9.95. The van der Waals surface area contributed by atoms with Crippen LogP contribution < -0.4 is 9.80 Å². The number of furan rings is 1. The molecule has 14 aromatic carbocycles. The number of anilines is 6. The molecule has 0 radical (unpaired) electrons. The maximum absolute atomic E-state index is 6.97. The summed E-state index contributed by atoms with van der Waals surface area (Å²) in [6, 6.07) is 102. The van der Waals surface area contributed by atoms with Crippen molar-refractivity contribution in [2.45, 2.75) is 0 Å². The van der Waals surface area contributed by atoms with Gasteiger partial charge in [0.2, 0.25) is 0 Å². The smallest absolute Gasteiger partial charge is 0.136 e. The molecule has 15 aromatic rings. The Kier molecular flexibility index (Phi) is 9.89. The zero-order valence-electron chi connectivity index (χ0n) is 40.9. The Bertz CT molecular complexity index is 4420. The molecule has 3 heteroatoms. The molecule has 15 rings (SSSR count). The number of fused-ring (bicyclic) bond motifs is 9. The molecule has 1 aromatic heterocycles. The van der Waals surface area contributed by atoms with E-state index < -0.39 is 0 Å². The third-order valence-corrected chi connectivity index (χ3v) is 15.3. The molecule has 0 saturated carbocycles. The van der Waals surface area contributed by atoms with Crippen LogP contribution in [0.5, 0.6) is 0 Å². The molecule has 0 aliphatic carbocycles. The number of rotatable bonds is 8. The van der Waals surface area contributed by atoms with Gasteiger partial charge in [0.05, 0.1) is 22.7 Å². The molecule has 0 aliphatic rings. The lowest BCUT2D eigenvalue weighted by Gasteiger charge is -2.30. The zero-order valence-corrected chi connectivity index (χ0v) is 40.9. The van der Waals surface area contributed by atoms with Gasteiger partial charge in [-0.1, -0.05) is 218 Å². The largest absolute Gasteiger partial charge is 0.456 e. The molecule has 0 bridgehead atoms. The van der Waals surface area contributed by atoms with E-state index >= 15 is 0 Å². The maximum Gasteiger partial charge on any atom is 0.136 e. The van der Waals surface area contributed by atoms with Crippen molar-refractivity contribution < 1.29 is 4.42 Å². The highest BCUT2D eigenvalue weighted by molar-refractivity contribution is 6.16. The van der Waals surface area contributed by atoms with Crippen LogP contribution in [-0.4, -0.2) is 0 Å². The minimum atomic E-state index is 0.859. The van der Waals surface area contributed by atoms with Crippen molar-refractivity contribution in [1.82, 2.24) is 0 Å². The fourth-order valence-electron chi connectivity index (χ4n) is 11.8. The van der Waals surface area contributed by atoms with Gasteiger partial charge in [-0.25, -0.2) is 0 Å². The first kappa shape index (κ1) is 42.7. The van der Waals surface area contributed by atoms with Crippen LogP contribution in [0.4, 0.5) is 34.1 Å². The first-order chi connectivity index (χ1) is 37.2. The second-order valence-corrected chi connectivity index (χ2v) is 19.6. The van der Waals surface area contributed by atoms with Gasteiger partial charge in [0.15, 0.2) is 0 Å². The van der Waals surface area contributed by atoms with Gasteiger partial charge >= 0.3 is 0 Å². The highest BCUT2D eigenvalue weighted by atomic mass is 16.3. The highest BCUT2D eigenvalue weighted by Gasteiger charge is 2.25. The molecule has 0 spiro atoms. The van der Waals surface area contributed by atoms with Crippen LogP contribution in [0.3, 0.4) is 0 Å². The molecule has 0 atom stereocenters. The van der Waals surface area contributed by atoms with Gasteiger partial charge in [-0.3, -0.25) is 0 Å². The Morgan fingerprint density at radius 3 is 1.03 bits per heavy atom.